The first-order valence-corrected chi connectivity index (χ1v) is 14.1. The first-order chi connectivity index (χ1) is 17.9. The summed E-state index contributed by atoms with van der Waals surface area (Å²) in [7, 11) is 0. The van der Waals surface area contributed by atoms with Gasteiger partial charge in [0.15, 0.2) is 0 Å². The van der Waals surface area contributed by atoms with Crippen LogP contribution in [0.25, 0.3) is 21.9 Å². The number of hydrogen-bond donors (Lipinski definition) is 0. The number of likely N-dealkylation sites (tertiary alicyclic amines) is 1. The fourth-order valence-corrected chi connectivity index (χ4v) is 7.94. The molecule has 5 heterocycles. The van der Waals surface area contributed by atoms with E-state index in [1.54, 1.807) is 0 Å². The third-order valence-electron chi connectivity index (χ3n) is 9.89. The van der Waals surface area contributed by atoms with Gasteiger partial charge in [0.25, 0.3) is 0 Å². The first-order valence-electron chi connectivity index (χ1n) is 14.1. The Morgan fingerprint density at radius 3 is 2.68 bits per heavy atom. The van der Waals surface area contributed by atoms with Gasteiger partial charge in [-0.15, -0.1) is 0 Å². The van der Waals surface area contributed by atoms with Crippen LogP contribution in [-0.4, -0.2) is 47.4 Å². The Kier molecular flexibility index (Phi) is 5.40. The molecule has 1 amide bonds. The molecular formula is C31H36N2O4. The Morgan fingerprint density at radius 2 is 1.81 bits per heavy atom. The van der Waals surface area contributed by atoms with E-state index in [0.29, 0.717) is 29.0 Å². The summed E-state index contributed by atoms with van der Waals surface area (Å²) in [6.45, 7) is 9.00. The van der Waals surface area contributed by atoms with Crippen LogP contribution in [0.3, 0.4) is 0 Å². The lowest BCUT2D eigenvalue weighted by Crippen LogP contribution is -2.60. The van der Waals surface area contributed by atoms with E-state index in [-0.39, 0.29) is 18.4 Å². The third-order valence-corrected chi connectivity index (χ3v) is 9.89. The minimum absolute atomic E-state index is 0.0565. The van der Waals surface area contributed by atoms with Crippen molar-refractivity contribution in [3.8, 4) is 0 Å². The zero-order valence-corrected chi connectivity index (χ0v) is 22.1. The van der Waals surface area contributed by atoms with Crippen LogP contribution in [-0.2, 0) is 11.2 Å². The van der Waals surface area contributed by atoms with Crippen LogP contribution in [0.4, 0.5) is 0 Å². The highest BCUT2D eigenvalue weighted by Crippen LogP contribution is 2.45. The molecular weight excluding hydrogens is 464 g/mol. The molecule has 1 aliphatic carbocycles. The lowest BCUT2D eigenvalue weighted by Gasteiger charge is -2.54. The number of amides is 1. The third kappa shape index (κ3) is 3.63. The highest BCUT2D eigenvalue weighted by atomic mass is 16.4. The molecule has 0 saturated carbocycles. The lowest BCUT2D eigenvalue weighted by atomic mass is 9.68. The van der Waals surface area contributed by atoms with Crippen molar-refractivity contribution < 1.29 is 13.6 Å². The number of benzene rings is 1. The van der Waals surface area contributed by atoms with Crippen molar-refractivity contribution in [3.05, 3.63) is 56.7 Å². The maximum atomic E-state index is 13.9. The summed E-state index contributed by atoms with van der Waals surface area (Å²) in [6.07, 6.45) is 9.89. The fraction of sp³-hybridized carbons (Fsp3) is 0.548. The fourth-order valence-electron chi connectivity index (χ4n) is 7.94. The maximum absolute atomic E-state index is 13.9. The molecule has 37 heavy (non-hydrogen) atoms. The lowest BCUT2D eigenvalue weighted by molar-refractivity contribution is -0.135. The molecule has 2 bridgehead atoms. The second kappa shape index (κ2) is 8.59. The predicted octanol–water partition coefficient (Wildman–Crippen LogP) is 5.43. The van der Waals surface area contributed by atoms with E-state index >= 15 is 0 Å². The van der Waals surface area contributed by atoms with Gasteiger partial charge in [-0.3, -0.25) is 9.69 Å². The van der Waals surface area contributed by atoms with Crippen molar-refractivity contribution in [1.29, 1.82) is 0 Å². The molecule has 6 nitrogen and oxygen atoms in total. The standard InChI is InChI=1S/C31H36N2O4/c1-17-19(3)36-27-15-28-24(13-23(17)27)18(2)25(31(35)37-28)14-29(34)33-10-6-7-20-11-21-12-22(30(20)33)16-32-9-5-4-8-26(21)32/h11,13,15,21-22,26,30H,4-10,12,14,16H2,1-3H3. The average Bonchev–Trinajstić information content (AvgIpc) is 3.17. The van der Waals surface area contributed by atoms with Crippen LogP contribution in [0.15, 0.2) is 37.4 Å². The monoisotopic (exact) mass is 500 g/mol. The van der Waals surface area contributed by atoms with E-state index in [1.807, 2.05) is 32.9 Å². The molecule has 3 saturated heterocycles. The molecule has 194 valence electrons. The second-order valence-corrected chi connectivity index (χ2v) is 11.9. The Morgan fingerprint density at radius 1 is 1.00 bits per heavy atom. The number of carbonyl (C=O) groups is 1. The van der Waals surface area contributed by atoms with Crippen molar-refractivity contribution in [2.24, 2.45) is 11.8 Å². The summed E-state index contributed by atoms with van der Waals surface area (Å²) in [6, 6.07) is 4.73. The summed E-state index contributed by atoms with van der Waals surface area (Å²) in [5.41, 5.74) is 4.71. The van der Waals surface area contributed by atoms with E-state index in [0.717, 1.165) is 59.2 Å². The molecule has 4 unspecified atom stereocenters. The van der Waals surface area contributed by atoms with Gasteiger partial charge in [0, 0.05) is 36.0 Å². The number of nitrogens with zero attached hydrogens (tertiary/aromatic N) is 2. The van der Waals surface area contributed by atoms with Crippen molar-refractivity contribution in [2.45, 2.75) is 77.8 Å². The zero-order valence-electron chi connectivity index (χ0n) is 22.1. The smallest absolute Gasteiger partial charge is 0.340 e. The molecule has 7 rings (SSSR count). The first kappa shape index (κ1) is 23.3. The topological polar surface area (TPSA) is 66.9 Å². The number of hydrogen-bond acceptors (Lipinski definition) is 5. The van der Waals surface area contributed by atoms with Gasteiger partial charge in [-0.05, 0) is 88.4 Å². The summed E-state index contributed by atoms with van der Waals surface area (Å²) in [5.74, 6) is 2.06. The van der Waals surface area contributed by atoms with Crippen LogP contribution < -0.4 is 5.63 Å². The molecule has 6 heteroatoms. The molecule has 2 aromatic heterocycles. The number of furan rings is 1. The van der Waals surface area contributed by atoms with Crippen LogP contribution >= 0.6 is 0 Å². The quantitative estimate of drug-likeness (QED) is 0.347. The molecule has 3 aromatic rings. The Balaban J connectivity index is 1.21. The number of rotatable bonds is 2. The second-order valence-electron chi connectivity index (χ2n) is 11.9. The summed E-state index contributed by atoms with van der Waals surface area (Å²) in [4.78, 5) is 31.8. The minimum atomic E-state index is -0.414. The van der Waals surface area contributed by atoms with Crippen LogP contribution in [0.1, 0.15) is 61.0 Å². The Bertz CT molecular complexity index is 1510. The Labute approximate surface area is 217 Å². The van der Waals surface area contributed by atoms with Crippen LogP contribution in [0.2, 0.25) is 0 Å². The van der Waals surface area contributed by atoms with E-state index < -0.39 is 5.63 Å². The van der Waals surface area contributed by atoms with Crippen molar-refractivity contribution in [1.82, 2.24) is 9.80 Å². The van der Waals surface area contributed by atoms with Gasteiger partial charge < -0.3 is 13.7 Å². The van der Waals surface area contributed by atoms with Gasteiger partial charge in [0.05, 0.1) is 18.0 Å². The summed E-state index contributed by atoms with van der Waals surface area (Å²) >= 11 is 0. The van der Waals surface area contributed by atoms with Crippen molar-refractivity contribution in [2.75, 3.05) is 19.6 Å². The van der Waals surface area contributed by atoms with Gasteiger partial charge >= 0.3 is 5.63 Å². The van der Waals surface area contributed by atoms with Crippen molar-refractivity contribution >= 4 is 27.8 Å². The van der Waals surface area contributed by atoms with Gasteiger partial charge in [0.2, 0.25) is 5.91 Å². The Hall–Kier alpha value is -2.86. The van der Waals surface area contributed by atoms with Gasteiger partial charge in [0.1, 0.15) is 16.9 Å². The van der Waals surface area contributed by atoms with E-state index in [9.17, 15) is 9.59 Å². The molecule has 0 spiro atoms. The van der Waals surface area contributed by atoms with Crippen LogP contribution in [0, 0.1) is 32.6 Å². The average molecular weight is 501 g/mol. The molecule has 3 fully saturated rings. The molecule has 4 aliphatic rings. The SMILES string of the molecule is Cc1oc2cc3oc(=O)c(CC(=O)N4CCCC5=CC6CC(CN7CCCCC67)C54)c(C)c3cc2c1C. The van der Waals surface area contributed by atoms with E-state index in [2.05, 4.69) is 15.9 Å². The van der Waals surface area contributed by atoms with Crippen molar-refractivity contribution in [3.63, 3.8) is 0 Å². The van der Waals surface area contributed by atoms with Crippen LogP contribution in [0.5, 0.6) is 0 Å². The predicted molar refractivity (Wildman–Crippen MR) is 144 cm³/mol. The maximum Gasteiger partial charge on any atom is 0.340 e. The molecule has 1 aromatic carbocycles. The number of carbonyl (C=O) groups excluding carboxylic acids is 1. The molecule has 0 radical (unpaired) electrons. The molecule has 4 atom stereocenters. The number of piperidine rings is 3. The largest absolute Gasteiger partial charge is 0.461 e. The number of aryl methyl sites for hydroxylation is 3. The van der Waals surface area contributed by atoms with Gasteiger partial charge in [-0.2, -0.15) is 0 Å². The summed E-state index contributed by atoms with van der Waals surface area (Å²) < 4.78 is 11.6. The molecule has 3 aliphatic heterocycles. The van der Waals surface area contributed by atoms with Gasteiger partial charge in [-0.1, -0.05) is 18.1 Å². The molecule has 0 N–H and O–H groups in total. The van der Waals surface area contributed by atoms with E-state index in [4.69, 9.17) is 8.83 Å². The minimum Gasteiger partial charge on any atom is -0.461 e. The number of fused-ring (bicyclic) bond motifs is 8. The normalized spacial score (nSPS) is 27.8. The highest BCUT2D eigenvalue weighted by molar-refractivity contribution is 5.97. The zero-order chi connectivity index (χ0) is 25.4. The highest BCUT2D eigenvalue weighted by Gasteiger charge is 2.46. The van der Waals surface area contributed by atoms with Gasteiger partial charge in [-0.25, -0.2) is 4.79 Å². The van der Waals surface area contributed by atoms with E-state index in [1.165, 1.54) is 37.8 Å². The summed E-state index contributed by atoms with van der Waals surface area (Å²) in [5, 5.41) is 1.90.